The molecule has 2 aliphatic heterocycles. The van der Waals surface area contributed by atoms with Gasteiger partial charge in [-0.1, -0.05) is 35.5 Å². The zero-order valence-electron chi connectivity index (χ0n) is 18.7. The first-order valence-electron chi connectivity index (χ1n) is 11.0. The molecule has 4 rings (SSSR count). The lowest BCUT2D eigenvalue weighted by Gasteiger charge is -2.41. The Balaban J connectivity index is 1.41. The Morgan fingerprint density at radius 3 is 2.58 bits per heavy atom. The molecule has 1 amide bonds. The molecule has 1 aromatic rings. The molecule has 0 radical (unpaired) electrons. The summed E-state index contributed by atoms with van der Waals surface area (Å²) in [5, 5.41) is 4.39. The number of piperazine rings is 1. The van der Waals surface area contributed by atoms with Crippen molar-refractivity contribution in [2.24, 2.45) is 11.1 Å². The van der Waals surface area contributed by atoms with E-state index in [1.807, 2.05) is 37.3 Å². The molecule has 1 spiro atoms. The molecular formula is C23H33N3O5. The quantitative estimate of drug-likeness (QED) is 0.391. The van der Waals surface area contributed by atoms with E-state index >= 15 is 0 Å². The second-order valence-corrected chi connectivity index (χ2v) is 8.77. The van der Waals surface area contributed by atoms with Crippen molar-refractivity contribution in [3.05, 3.63) is 35.9 Å². The number of nitrogens with zero attached hydrogens (tertiary/aromatic N) is 3. The van der Waals surface area contributed by atoms with Crippen molar-refractivity contribution < 1.29 is 23.8 Å². The summed E-state index contributed by atoms with van der Waals surface area (Å²) in [6, 6.07) is 9.93. The third-order valence-corrected chi connectivity index (χ3v) is 6.65. The summed E-state index contributed by atoms with van der Waals surface area (Å²) in [6.07, 6.45) is 0.602. The largest absolute Gasteiger partial charge is 0.443 e. The van der Waals surface area contributed by atoms with Gasteiger partial charge in [0.25, 0.3) is 0 Å². The molecular weight excluding hydrogens is 398 g/mol. The van der Waals surface area contributed by atoms with Crippen LogP contribution in [0.3, 0.4) is 0 Å². The van der Waals surface area contributed by atoms with E-state index < -0.39 is 0 Å². The molecule has 1 saturated carbocycles. The lowest BCUT2D eigenvalue weighted by molar-refractivity contribution is -0.0884. The summed E-state index contributed by atoms with van der Waals surface area (Å²) in [6.45, 7) is 6.10. The molecule has 2 saturated heterocycles. The minimum atomic E-state index is -0.337. The third kappa shape index (κ3) is 5.02. The van der Waals surface area contributed by atoms with E-state index in [-0.39, 0.29) is 29.8 Å². The number of amides is 1. The molecule has 170 valence electrons. The van der Waals surface area contributed by atoms with Gasteiger partial charge in [-0.25, -0.2) is 4.79 Å². The fourth-order valence-corrected chi connectivity index (χ4v) is 4.70. The third-order valence-electron chi connectivity index (χ3n) is 6.65. The van der Waals surface area contributed by atoms with Crippen LogP contribution >= 0.6 is 0 Å². The predicted octanol–water partition coefficient (Wildman–Crippen LogP) is 2.53. The van der Waals surface area contributed by atoms with Gasteiger partial charge in [-0.05, 0) is 32.4 Å². The molecule has 3 aliphatic rings. The van der Waals surface area contributed by atoms with Gasteiger partial charge in [0, 0.05) is 33.3 Å². The number of epoxide rings is 1. The first-order valence-corrected chi connectivity index (χ1v) is 11.0. The van der Waals surface area contributed by atoms with Crippen LogP contribution in [-0.4, -0.2) is 86.4 Å². The Morgan fingerprint density at radius 1 is 1.23 bits per heavy atom. The summed E-state index contributed by atoms with van der Waals surface area (Å²) >= 11 is 0. The average molecular weight is 432 g/mol. The Kier molecular flexibility index (Phi) is 6.79. The zero-order valence-corrected chi connectivity index (χ0v) is 18.7. The van der Waals surface area contributed by atoms with Crippen LogP contribution in [0.1, 0.15) is 25.3 Å². The highest BCUT2D eigenvalue weighted by atomic mass is 16.6. The molecule has 3 fully saturated rings. The smallest absolute Gasteiger partial charge is 0.410 e. The second kappa shape index (κ2) is 9.54. The number of ether oxygens (including phenoxy) is 3. The molecule has 31 heavy (non-hydrogen) atoms. The van der Waals surface area contributed by atoms with Gasteiger partial charge in [0.15, 0.2) is 0 Å². The molecule has 8 heteroatoms. The molecule has 1 aliphatic carbocycles. The van der Waals surface area contributed by atoms with E-state index in [2.05, 4.69) is 17.1 Å². The first kappa shape index (κ1) is 22.0. The van der Waals surface area contributed by atoms with Crippen molar-refractivity contribution in [1.29, 1.82) is 0 Å². The summed E-state index contributed by atoms with van der Waals surface area (Å²) < 4.78 is 17.7. The molecule has 0 N–H and O–H groups in total. The van der Waals surface area contributed by atoms with E-state index in [1.165, 1.54) is 0 Å². The Morgan fingerprint density at radius 2 is 1.94 bits per heavy atom. The summed E-state index contributed by atoms with van der Waals surface area (Å²) in [5.74, 6) is -0.118. The number of carbonyl (C=O) groups excluding carboxylic acids is 1. The van der Waals surface area contributed by atoms with Gasteiger partial charge < -0.3 is 28.8 Å². The van der Waals surface area contributed by atoms with Crippen LogP contribution in [0.4, 0.5) is 4.79 Å². The summed E-state index contributed by atoms with van der Waals surface area (Å²) in [7, 11) is 3.72. The van der Waals surface area contributed by atoms with Crippen LogP contribution in [0.25, 0.3) is 0 Å². The topological polar surface area (TPSA) is 76.1 Å². The minimum Gasteiger partial charge on any atom is -0.443 e. The molecule has 1 aromatic carbocycles. The summed E-state index contributed by atoms with van der Waals surface area (Å²) in [4.78, 5) is 22.4. The number of hydrogen-bond acceptors (Lipinski definition) is 7. The Labute approximate surface area is 184 Å². The van der Waals surface area contributed by atoms with Crippen LogP contribution in [-0.2, 0) is 25.7 Å². The van der Waals surface area contributed by atoms with Gasteiger partial charge >= 0.3 is 6.09 Å². The van der Waals surface area contributed by atoms with E-state index in [4.69, 9.17) is 19.0 Å². The Hall–Kier alpha value is -2.16. The highest BCUT2D eigenvalue weighted by Crippen LogP contribution is 2.48. The lowest BCUT2D eigenvalue weighted by atomic mass is 9.73. The average Bonchev–Trinajstić information content (AvgIpc) is 3.55. The highest BCUT2D eigenvalue weighted by molar-refractivity contribution is 5.86. The van der Waals surface area contributed by atoms with Crippen molar-refractivity contribution in [1.82, 2.24) is 9.80 Å². The van der Waals surface area contributed by atoms with Crippen molar-refractivity contribution in [3.63, 3.8) is 0 Å². The molecule has 0 unspecified atom stereocenters. The first-order chi connectivity index (χ1) is 15.0. The molecule has 0 aromatic heterocycles. The number of hydrogen-bond donors (Lipinski definition) is 0. The fraction of sp³-hybridized carbons (Fsp3) is 0.652. The van der Waals surface area contributed by atoms with Crippen LogP contribution in [0, 0.1) is 5.92 Å². The van der Waals surface area contributed by atoms with Gasteiger partial charge in [0.05, 0.1) is 18.2 Å². The Bertz CT molecular complexity index is 775. The van der Waals surface area contributed by atoms with E-state index in [9.17, 15) is 4.79 Å². The van der Waals surface area contributed by atoms with Gasteiger partial charge in [-0.2, -0.15) is 0 Å². The number of methoxy groups -OCH3 is 1. The van der Waals surface area contributed by atoms with Crippen molar-refractivity contribution >= 4 is 11.8 Å². The maximum Gasteiger partial charge on any atom is 0.410 e. The lowest BCUT2D eigenvalue weighted by Crippen LogP contribution is -2.54. The van der Waals surface area contributed by atoms with Gasteiger partial charge in [-0.3, -0.25) is 0 Å². The van der Waals surface area contributed by atoms with Crippen LogP contribution in [0.5, 0.6) is 0 Å². The predicted molar refractivity (Wildman–Crippen MR) is 116 cm³/mol. The summed E-state index contributed by atoms with van der Waals surface area (Å²) in [5.41, 5.74) is 1.57. The maximum absolute atomic E-state index is 12.8. The van der Waals surface area contributed by atoms with E-state index in [1.54, 1.807) is 12.0 Å². The number of benzene rings is 1. The number of oxime groups is 1. The van der Waals surface area contributed by atoms with Gasteiger partial charge in [0.2, 0.25) is 0 Å². The number of carbonyl (C=O) groups is 1. The van der Waals surface area contributed by atoms with Crippen molar-refractivity contribution in [2.75, 3.05) is 46.9 Å². The monoisotopic (exact) mass is 431 g/mol. The standard InChI is InChI=1S/C23H33N3O5/c1-17(24-30-15-18-7-5-4-6-8-18)20-21(28-3)19(9-10-23(20)16-29-23)31-22(27)26-13-11-25(2)12-14-26/h4-8,19-21H,9-16H2,1-3H3/b24-17+/t19-,20+,21-,23+/m1/s1. The van der Waals surface area contributed by atoms with E-state index in [0.717, 1.165) is 30.8 Å². The number of likely N-dealkylation sites (N-methyl/N-ethyl adjacent to an activating group) is 1. The maximum atomic E-state index is 12.8. The van der Waals surface area contributed by atoms with Crippen molar-refractivity contribution in [3.8, 4) is 0 Å². The van der Waals surface area contributed by atoms with Crippen LogP contribution in [0.2, 0.25) is 0 Å². The normalized spacial score (nSPS) is 31.5. The van der Waals surface area contributed by atoms with Crippen molar-refractivity contribution in [2.45, 2.75) is 44.2 Å². The van der Waals surface area contributed by atoms with E-state index in [0.29, 0.717) is 32.7 Å². The number of rotatable bonds is 6. The fourth-order valence-electron chi connectivity index (χ4n) is 4.70. The zero-order chi connectivity index (χ0) is 21.8. The molecule has 0 bridgehead atoms. The van der Waals surface area contributed by atoms with Gasteiger partial charge in [-0.15, -0.1) is 0 Å². The molecule has 2 heterocycles. The van der Waals surface area contributed by atoms with Gasteiger partial charge in [0.1, 0.15) is 24.4 Å². The van der Waals surface area contributed by atoms with Crippen LogP contribution < -0.4 is 0 Å². The second-order valence-electron chi connectivity index (χ2n) is 8.77. The SMILES string of the molecule is CO[C@@H]1[C@H](OC(=O)N2CCN(C)CC2)CC[C@]2(CO2)[C@H]1/C(C)=N/OCc1ccccc1. The van der Waals surface area contributed by atoms with Crippen LogP contribution in [0.15, 0.2) is 35.5 Å². The molecule has 4 atom stereocenters. The highest BCUT2D eigenvalue weighted by Gasteiger charge is 2.60. The molecule has 8 nitrogen and oxygen atoms in total. The minimum absolute atomic E-state index is 0.118.